The lowest BCUT2D eigenvalue weighted by atomic mass is 10.2. The van der Waals surface area contributed by atoms with Gasteiger partial charge in [0.1, 0.15) is 0 Å². The van der Waals surface area contributed by atoms with Gasteiger partial charge in [0.15, 0.2) is 0 Å². The third-order valence-corrected chi connectivity index (χ3v) is 2.36. The summed E-state index contributed by atoms with van der Waals surface area (Å²) in [5.41, 5.74) is 0. The molecular formula is C6H8S2. The fourth-order valence-electron chi connectivity index (χ4n) is 0.653. The predicted molar refractivity (Wildman–Crippen MR) is 43.0 cm³/mol. The first-order valence-electron chi connectivity index (χ1n) is 2.59. The van der Waals surface area contributed by atoms with Crippen molar-refractivity contribution in [3.8, 4) is 0 Å². The first kappa shape index (κ1) is 6.30. The van der Waals surface area contributed by atoms with Crippen LogP contribution in [-0.4, -0.2) is 0 Å². The van der Waals surface area contributed by atoms with E-state index in [2.05, 4.69) is 29.9 Å². The molecule has 0 aromatic heterocycles. The fraction of sp³-hybridized carbons (Fsp3) is 0.333. The topological polar surface area (TPSA) is 0 Å². The Hall–Kier alpha value is 0.180. The van der Waals surface area contributed by atoms with Crippen molar-refractivity contribution in [2.24, 2.45) is 0 Å². The summed E-state index contributed by atoms with van der Waals surface area (Å²) in [6, 6.07) is 0. The highest BCUT2D eigenvalue weighted by atomic mass is 33.1. The van der Waals surface area contributed by atoms with Gasteiger partial charge in [0.2, 0.25) is 0 Å². The summed E-state index contributed by atoms with van der Waals surface area (Å²) in [7, 11) is 1.55. The minimum absolute atomic E-state index is 1.08. The van der Waals surface area contributed by atoms with Crippen molar-refractivity contribution in [3.05, 3.63) is 23.1 Å². The second kappa shape index (κ2) is 3.25. The SMILES string of the molecule is SSC1=CCC=CC1. The standard InChI is InChI=1S/C6H8S2/c7-8-6-4-2-1-3-5-6/h1-2,5,7H,3-4H2. The molecule has 0 heterocycles. The molecule has 8 heavy (non-hydrogen) atoms. The molecule has 0 amide bonds. The van der Waals surface area contributed by atoms with E-state index in [0.29, 0.717) is 0 Å². The average molecular weight is 144 g/mol. The Morgan fingerprint density at radius 1 is 1.50 bits per heavy atom. The second-order valence-corrected chi connectivity index (χ2v) is 2.93. The van der Waals surface area contributed by atoms with Crippen molar-refractivity contribution in [2.45, 2.75) is 12.8 Å². The van der Waals surface area contributed by atoms with Crippen LogP contribution in [0.4, 0.5) is 0 Å². The van der Waals surface area contributed by atoms with E-state index in [1.165, 1.54) is 4.91 Å². The zero-order valence-corrected chi connectivity index (χ0v) is 6.21. The molecule has 0 aromatic carbocycles. The van der Waals surface area contributed by atoms with E-state index in [1.807, 2.05) is 0 Å². The Balaban J connectivity index is 2.43. The fourth-order valence-corrected chi connectivity index (χ4v) is 1.44. The summed E-state index contributed by atoms with van der Waals surface area (Å²) < 4.78 is 0. The van der Waals surface area contributed by atoms with Gasteiger partial charge in [-0.05, 0) is 17.7 Å². The van der Waals surface area contributed by atoms with Gasteiger partial charge in [0.05, 0.1) is 0 Å². The maximum Gasteiger partial charge on any atom is -0.00318 e. The Labute approximate surface area is 58.9 Å². The molecule has 0 saturated heterocycles. The Bertz CT molecular complexity index is 124. The molecule has 2 heteroatoms. The van der Waals surface area contributed by atoms with Crippen molar-refractivity contribution >= 4 is 22.5 Å². The molecule has 0 unspecified atom stereocenters. The first-order valence-corrected chi connectivity index (χ1v) is 4.46. The zero-order valence-electron chi connectivity index (χ0n) is 4.50. The van der Waals surface area contributed by atoms with Gasteiger partial charge in [-0.1, -0.05) is 29.0 Å². The van der Waals surface area contributed by atoms with Crippen LogP contribution in [0.2, 0.25) is 0 Å². The minimum Gasteiger partial charge on any atom is -0.106 e. The lowest BCUT2D eigenvalue weighted by Gasteiger charge is -2.01. The molecule has 0 fully saturated rings. The van der Waals surface area contributed by atoms with E-state index < -0.39 is 0 Å². The Morgan fingerprint density at radius 3 is 2.75 bits per heavy atom. The molecule has 0 saturated carbocycles. The van der Waals surface area contributed by atoms with Gasteiger partial charge in [0.25, 0.3) is 0 Å². The smallest absolute Gasteiger partial charge is 0.00318 e. The largest absolute Gasteiger partial charge is 0.106 e. The molecule has 0 spiro atoms. The van der Waals surface area contributed by atoms with Crippen LogP contribution in [-0.2, 0) is 0 Å². The zero-order chi connectivity index (χ0) is 5.82. The molecule has 0 atom stereocenters. The van der Waals surface area contributed by atoms with Gasteiger partial charge in [-0.15, -0.1) is 11.7 Å². The van der Waals surface area contributed by atoms with Crippen LogP contribution in [0.25, 0.3) is 0 Å². The first-order chi connectivity index (χ1) is 3.93. The van der Waals surface area contributed by atoms with E-state index in [4.69, 9.17) is 0 Å². The molecule has 1 aliphatic carbocycles. The summed E-state index contributed by atoms with van der Waals surface area (Å²) in [6.07, 6.45) is 8.72. The van der Waals surface area contributed by atoms with Crippen LogP contribution >= 0.6 is 22.5 Å². The number of thiol groups is 1. The van der Waals surface area contributed by atoms with Gasteiger partial charge in [0, 0.05) is 0 Å². The molecule has 0 aliphatic heterocycles. The monoisotopic (exact) mass is 144 g/mol. The highest BCUT2D eigenvalue weighted by Crippen LogP contribution is 2.25. The summed E-state index contributed by atoms with van der Waals surface area (Å²) >= 11 is 4.08. The van der Waals surface area contributed by atoms with Gasteiger partial charge >= 0.3 is 0 Å². The van der Waals surface area contributed by atoms with Crippen LogP contribution in [0, 0.1) is 0 Å². The molecule has 0 bridgehead atoms. The second-order valence-electron chi connectivity index (χ2n) is 1.67. The minimum atomic E-state index is 1.08. The maximum absolute atomic E-state index is 4.08. The molecule has 0 radical (unpaired) electrons. The van der Waals surface area contributed by atoms with Crippen molar-refractivity contribution < 1.29 is 0 Å². The van der Waals surface area contributed by atoms with Crippen LogP contribution < -0.4 is 0 Å². The lowest BCUT2D eigenvalue weighted by Crippen LogP contribution is -1.76. The molecule has 0 aromatic rings. The summed E-state index contributed by atoms with van der Waals surface area (Å²) in [6.45, 7) is 0. The maximum atomic E-state index is 4.08. The van der Waals surface area contributed by atoms with Gasteiger partial charge < -0.3 is 0 Å². The van der Waals surface area contributed by atoms with Crippen LogP contribution in [0.5, 0.6) is 0 Å². The van der Waals surface area contributed by atoms with Gasteiger partial charge in [-0.2, -0.15) is 0 Å². The number of allylic oxidation sites excluding steroid dienone is 4. The van der Waals surface area contributed by atoms with E-state index in [9.17, 15) is 0 Å². The van der Waals surface area contributed by atoms with Gasteiger partial charge in [-0.25, -0.2) is 0 Å². The lowest BCUT2D eigenvalue weighted by molar-refractivity contribution is 1.21. The van der Waals surface area contributed by atoms with Crippen LogP contribution in [0.15, 0.2) is 23.1 Å². The van der Waals surface area contributed by atoms with Crippen molar-refractivity contribution in [3.63, 3.8) is 0 Å². The Kier molecular flexibility index (Phi) is 2.56. The normalized spacial score (nSPS) is 18.4. The van der Waals surface area contributed by atoms with Gasteiger partial charge in [-0.3, -0.25) is 0 Å². The van der Waals surface area contributed by atoms with E-state index in [1.54, 1.807) is 10.8 Å². The van der Waals surface area contributed by atoms with Crippen LogP contribution in [0.1, 0.15) is 12.8 Å². The van der Waals surface area contributed by atoms with Crippen LogP contribution in [0.3, 0.4) is 0 Å². The number of hydrogen-bond donors (Lipinski definition) is 1. The summed E-state index contributed by atoms with van der Waals surface area (Å²) in [4.78, 5) is 1.37. The highest BCUT2D eigenvalue weighted by Gasteiger charge is 1.94. The highest BCUT2D eigenvalue weighted by molar-refractivity contribution is 8.70. The number of rotatable bonds is 1. The summed E-state index contributed by atoms with van der Waals surface area (Å²) in [5, 5.41) is 0. The quantitative estimate of drug-likeness (QED) is 0.335. The molecule has 1 aliphatic rings. The van der Waals surface area contributed by atoms with E-state index in [-0.39, 0.29) is 0 Å². The third-order valence-electron chi connectivity index (χ3n) is 1.08. The molecule has 0 N–H and O–H groups in total. The van der Waals surface area contributed by atoms with Crippen molar-refractivity contribution in [2.75, 3.05) is 0 Å². The molecule has 44 valence electrons. The Morgan fingerprint density at radius 2 is 2.38 bits per heavy atom. The molecule has 1 rings (SSSR count). The molecule has 0 nitrogen and oxygen atoms in total. The average Bonchev–Trinajstić information content (AvgIpc) is 1.90. The van der Waals surface area contributed by atoms with E-state index in [0.717, 1.165) is 12.8 Å². The molecular weight excluding hydrogens is 136 g/mol. The van der Waals surface area contributed by atoms with E-state index >= 15 is 0 Å². The predicted octanol–water partition coefficient (Wildman–Crippen LogP) is 2.80. The number of hydrogen-bond acceptors (Lipinski definition) is 2. The van der Waals surface area contributed by atoms with Crippen molar-refractivity contribution in [1.29, 1.82) is 0 Å². The summed E-state index contributed by atoms with van der Waals surface area (Å²) in [5.74, 6) is 0. The third kappa shape index (κ3) is 1.60. The van der Waals surface area contributed by atoms with Crippen molar-refractivity contribution in [1.82, 2.24) is 0 Å².